The summed E-state index contributed by atoms with van der Waals surface area (Å²) in [6.45, 7) is 6.92. The Morgan fingerprint density at radius 1 is 1.31 bits per heavy atom. The summed E-state index contributed by atoms with van der Waals surface area (Å²) in [7, 11) is 0. The second-order valence-electron chi connectivity index (χ2n) is 7.70. The van der Waals surface area contributed by atoms with Gasteiger partial charge in [-0.3, -0.25) is 14.3 Å². The molecule has 0 radical (unpaired) electrons. The second-order valence-corrected chi connectivity index (χ2v) is 8.98. The molecule has 2 fully saturated rings. The van der Waals surface area contributed by atoms with Crippen molar-refractivity contribution in [1.82, 2.24) is 24.2 Å². The molecule has 154 valence electrons. The van der Waals surface area contributed by atoms with Gasteiger partial charge in [-0.2, -0.15) is 5.10 Å². The van der Waals surface area contributed by atoms with Crippen LogP contribution >= 0.6 is 28.1 Å². The predicted octanol–water partition coefficient (Wildman–Crippen LogP) is 3.94. The van der Waals surface area contributed by atoms with Crippen molar-refractivity contribution in [1.29, 1.82) is 0 Å². The Morgan fingerprint density at radius 3 is 2.69 bits per heavy atom. The van der Waals surface area contributed by atoms with E-state index in [9.17, 15) is 4.79 Å². The number of nitrogens with one attached hydrogen (secondary N) is 1. The molecule has 2 aliphatic rings. The topological polar surface area (TPSA) is 68.0 Å². The number of piperidine rings is 1. The first kappa shape index (κ1) is 20.4. The number of hydrogen-bond donors (Lipinski definition) is 1. The SMILES string of the molecule is C=CCn1c(C2CC2)nn(CN2CCC(C(=O)Nc3ccc(Br)cn3)CC2)c1=S. The van der Waals surface area contributed by atoms with Gasteiger partial charge in [-0.05, 0) is 66.0 Å². The molecule has 1 saturated carbocycles. The van der Waals surface area contributed by atoms with E-state index in [0.717, 1.165) is 41.0 Å². The van der Waals surface area contributed by atoms with Crippen LogP contribution < -0.4 is 5.32 Å². The molecule has 1 aliphatic heterocycles. The number of anilines is 1. The van der Waals surface area contributed by atoms with Crippen LogP contribution in [0.2, 0.25) is 0 Å². The summed E-state index contributed by atoms with van der Waals surface area (Å²) in [4.78, 5) is 19.1. The molecule has 3 heterocycles. The summed E-state index contributed by atoms with van der Waals surface area (Å²) in [6, 6.07) is 3.67. The first-order chi connectivity index (χ1) is 14.0. The number of carbonyl (C=O) groups is 1. The molecule has 7 nitrogen and oxygen atoms in total. The van der Waals surface area contributed by atoms with E-state index in [1.54, 1.807) is 12.3 Å². The largest absolute Gasteiger partial charge is 0.310 e. The number of pyridine rings is 1. The first-order valence-corrected chi connectivity index (χ1v) is 11.2. The van der Waals surface area contributed by atoms with Gasteiger partial charge in [0.1, 0.15) is 11.6 Å². The Hall–Kier alpha value is -1.84. The Morgan fingerprint density at radius 2 is 2.07 bits per heavy atom. The lowest BCUT2D eigenvalue weighted by Crippen LogP contribution is -2.39. The molecule has 2 aromatic rings. The summed E-state index contributed by atoms with van der Waals surface area (Å²) < 4.78 is 5.68. The molecule has 0 atom stereocenters. The standard InChI is InChI=1S/C20H25BrN6OS/c1-2-9-26-18(14-3-4-14)24-27(20(26)29)13-25-10-7-15(8-11-25)19(28)23-17-6-5-16(21)12-22-17/h2,5-6,12,14-15H,1,3-4,7-11,13H2,(H,22,23,28). The molecule has 1 N–H and O–H groups in total. The number of amides is 1. The fraction of sp³-hybridized carbons (Fsp3) is 0.500. The van der Waals surface area contributed by atoms with Crippen LogP contribution in [0.3, 0.4) is 0 Å². The smallest absolute Gasteiger partial charge is 0.228 e. The van der Waals surface area contributed by atoms with Crippen molar-refractivity contribution in [2.75, 3.05) is 18.4 Å². The zero-order valence-corrected chi connectivity index (χ0v) is 18.7. The van der Waals surface area contributed by atoms with Crippen LogP contribution in [-0.4, -0.2) is 43.2 Å². The Bertz CT molecular complexity index is 941. The first-order valence-electron chi connectivity index (χ1n) is 9.98. The van der Waals surface area contributed by atoms with Crippen LogP contribution in [0.25, 0.3) is 0 Å². The van der Waals surface area contributed by atoms with E-state index in [0.29, 0.717) is 24.9 Å². The van der Waals surface area contributed by atoms with E-state index < -0.39 is 0 Å². The highest BCUT2D eigenvalue weighted by Gasteiger charge is 2.31. The van der Waals surface area contributed by atoms with Gasteiger partial charge in [0.15, 0.2) is 4.77 Å². The summed E-state index contributed by atoms with van der Waals surface area (Å²) in [5.74, 6) is 2.27. The van der Waals surface area contributed by atoms with Crippen LogP contribution in [0.4, 0.5) is 5.82 Å². The average molecular weight is 477 g/mol. The van der Waals surface area contributed by atoms with Crippen molar-refractivity contribution in [3.63, 3.8) is 0 Å². The number of rotatable bonds is 7. The Balaban J connectivity index is 1.33. The molecule has 0 unspecified atom stereocenters. The van der Waals surface area contributed by atoms with Crippen molar-refractivity contribution < 1.29 is 4.79 Å². The highest BCUT2D eigenvalue weighted by atomic mass is 79.9. The molecule has 1 amide bonds. The minimum Gasteiger partial charge on any atom is -0.310 e. The molecule has 0 bridgehead atoms. The van der Waals surface area contributed by atoms with Crippen LogP contribution in [0.15, 0.2) is 35.5 Å². The van der Waals surface area contributed by atoms with E-state index in [-0.39, 0.29) is 11.8 Å². The van der Waals surface area contributed by atoms with Crippen molar-refractivity contribution in [2.45, 2.75) is 44.8 Å². The van der Waals surface area contributed by atoms with Gasteiger partial charge >= 0.3 is 0 Å². The molecule has 29 heavy (non-hydrogen) atoms. The van der Waals surface area contributed by atoms with E-state index in [1.165, 1.54) is 12.8 Å². The van der Waals surface area contributed by atoms with Gasteiger partial charge in [-0.1, -0.05) is 6.08 Å². The maximum atomic E-state index is 12.5. The van der Waals surface area contributed by atoms with Gasteiger partial charge in [0.05, 0.1) is 6.67 Å². The third-order valence-electron chi connectivity index (χ3n) is 5.48. The van der Waals surface area contributed by atoms with Crippen molar-refractivity contribution in [3.8, 4) is 0 Å². The number of aromatic nitrogens is 4. The normalized spacial score (nSPS) is 18.0. The monoisotopic (exact) mass is 476 g/mol. The molecule has 0 aromatic carbocycles. The summed E-state index contributed by atoms with van der Waals surface area (Å²) in [5.41, 5.74) is 0. The van der Waals surface area contributed by atoms with Crippen LogP contribution in [-0.2, 0) is 18.0 Å². The number of hydrogen-bond acceptors (Lipinski definition) is 5. The summed E-state index contributed by atoms with van der Waals surface area (Å²) in [6.07, 6.45) is 7.58. The van der Waals surface area contributed by atoms with E-state index in [2.05, 4.69) is 42.3 Å². The van der Waals surface area contributed by atoms with Gasteiger partial charge in [-0.25, -0.2) is 9.67 Å². The summed E-state index contributed by atoms with van der Waals surface area (Å²) in [5, 5.41) is 7.72. The number of likely N-dealkylation sites (tertiary alicyclic amines) is 1. The second kappa shape index (κ2) is 8.89. The number of carbonyl (C=O) groups excluding carboxylic acids is 1. The maximum absolute atomic E-state index is 12.5. The van der Waals surface area contributed by atoms with Crippen LogP contribution in [0.5, 0.6) is 0 Å². The molecule has 9 heteroatoms. The van der Waals surface area contributed by atoms with Gasteiger partial charge < -0.3 is 5.32 Å². The van der Waals surface area contributed by atoms with E-state index in [4.69, 9.17) is 17.3 Å². The number of allylic oxidation sites excluding steroid dienone is 1. The molecule has 0 spiro atoms. The van der Waals surface area contributed by atoms with Gasteiger partial charge in [-0.15, -0.1) is 6.58 Å². The van der Waals surface area contributed by atoms with Crippen molar-refractivity contribution in [2.24, 2.45) is 5.92 Å². The average Bonchev–Trinajstić information content (AvgIpc) is 3.52. The number of halogens is 1. The lowest BCUT2D eigenvalue weighted by Gasteiger charge is -2.30. The molecule has 2 aromatic heterocycles. The lowest BCUT2D eigenvalue weighted by atomic mass is 9.96. The molecular formula is C20H25BrN6OS. The lowest BCUT2D eigenvalue weighted by molar-refractivity contribution is -0.121. The molecule has 4 rings (SSSR count). The van der Waals surface area contributed by atoms with Crippen LogP contribution in [0.1, 0.15) is 37.4 Å². The number of nitrogens with zero attached hydrogens (tertiary/aromatic N) is 5. The highest BCUT2D eigenvalue weighted by molar-refractivity contribution is 9.10. The van der Waals surface area contributed by atoms with Gasteiger partial charge in [0.2, 0.25) is 5.91 Å². The van der Waals surface area contributed by atoms with Crippen molar-refractivity contribution in [3.05, 3.63) is 46.1 Å². The van der Waals surface area contributed by atoms with Gasteiger partial charge in [0.25, 0.3) is 0 Å². The minimum atomic E-state index is 0.00465. The highest BCUT2D eigenvalue weighted by Crippen LogP contribution is 2.39. The Kier molecular flexibility index (Phi) is 6.26. The van der Waals surface area contributed by atoms with Gasteiger partial charge in [0, 0.05) is 42.1 Å². The third kappa shape index (κ3) is 4.84. The fourth-order valence-corrected chi connectivity index (χ4v) is 4.20. The predicted molar refractivity (Wildman–Crippen MR) is 118 cm³/mol. The molecule has 1 aliphatic carbocycles. The van der Waals surface area contributed by atoms with Crippen LogP contribution in [0, 0.1) is 10.7 Å². The zero-order chi connectivity index (χ0) is 20.4. The maximum Gasteiger partial charge on any atom is 0.228 e. The minimum absolute atomic E-state index is 0.00465. The zero-order valence-electron chi connectivity index (χ0n) is 16.3. The van der Waals surface area contributed by atoms with Crippen molar-refractivity contribution >= 4 is 39.9 Å². The Labute approximate surface area is 183 Å². The summed E-state index contributed by atoms with van der Waals surface area (Å²) >= 11 is 9.01. The fourth-order valence-electron chi connectivity index (χ4n) is 3.70. The molecular weight excluding hydrogens is 452 g/mol. The quantitative estimate of drug-likeness (QED) is 0.483. The van der Waals surface area contributed by atoms with E-state index in [1.807, 2.05) is 16.8 Å². The third-order valence-corrected chi connectivity index (χ3v) is 6.38. The molecule has 1 saturated heterocycles. The van der Waals surface area contributed by atoms with E-state index >= 15 is 0 Å².